The van der Waals surface area contributed by atoms with E-state index in [4.69, 9.17) is 23.2 Å². The van der Waals surface area contributed by atoms with Gasteiger partial charge in [-0.05, 0) is 45.5 Å². The molecule has 0 bridgehead atoms. The van der Waals surface area contributed by atoms with E-state index in [1.54, 1.807) is 18.2 Å². The summed E-state index contributed by atoms with van der Waals surface area (Å²) in [6.07, 6.45) is 1.00. The Kier molecular flexibility index (Phi) is 5.64. The lowest BCUT2D eigenvalue weighted by Gasteiger charge is -2.29. The number of halogens is 2. The molecule has 0 aliphatic heterocycles. The minimum absolute atomic E-state index is 0.0273. The number of carbonyl (C=O) groups excluding carboxylic acids is 1. The fourth-order valence-corrected chi connectivity index (χ4v) is 2.27. The van der Waals surface area contributed by atoms with Gasteiger partial charge in [0.1, 0.15) is 0 Å². The third-order valence-electron chi connectivity index (χ3n) is 3.47. The van der Waals surface area contributed by atoms with Crippen LogP contribution in [0.5, 0.6) is 0 Å². The Labute approximate surface area is 119 Å². The van der Waals surface area contributed by atoms with E-state index >= 15 is 0 Å². The van der Waals surface area contributed by atoms with Crippen LogP contribution in [0.2, 0.25) is 10.0 Å². The van der Waals surface area contributed by atoms with E-state index in [0.717, 1.165) is 6.42 Å². The van der Waals surface area contributed by atoms with Gasteiger partial charge in [-0.25, -0.2) is 0 Å². The molecule has 2 unspecified atom stereocenters. The van der Waals surface area contributed by atoms with Crippen LogP contribution >= 0.6 is 23.2 Å². The summed E-state index contributed by atoms with van der Waals surface area (Å²) in [5.41, 5.74) is 0.531. The Hall–Kier alpha value is -0.570. The molecule has 0 radical (unpaired) electrons. The Morgan fingerprint density at radius 1 is 1.33 bits per heavy atom. The van der Waals surface area contributed by atoms with Crippen molar-refractivity contribution in [1.82, 2.24) is 4.90 Å². The second-order valence-electron chi connectivity index (χ2n) is 4.59. The van der Waals surface area contributed by atoms with Crippen LogP contribution < -0.4 is 0 Å². The third kappa shape index (κ3) is 3.47. The number of nitrogens with zero attached hydrogens (tertiary/aromatic N) is 1. The van der Waals surface area contributed by atoms with Gasteiger partial charge in [-0.3, -0.25) is 9.69 Å². The number of rotatable bonds is 5. The molecule has 0 aliphatic rings. The maximum Gasteiger partial charge on any atom is 0.181 e. The molecule has 1 aromatic carbocycles. The van der Waals surface area contributed by atoms with Crippen molar-refractivity contribution in [3.63, 3.8) is 0 Å². The molecule has 2 nitrogen and oxygen atoms in total. The average Bonchev–Trinajstić information content (AvgIpc) is 2.35. The molecule has 18 heavy (non-hydrogen) atoms. The molecule has 0 amide bonds. The van der Waals surface area contributed by atoms with Gasteiger partial charge >= 0.3 is 0 Å². The summed E-state index contributed by atoms with van der Waals surface area (Å²) in [5.74, 6) is 0.0273. The molecule has 0 heterocycles. The molecule has 0 fully saturated rings. The topological polar surface area (TPSA) is 20.3 Å². The van der Waals surface area contributed by atoms with Gasteiger partial charge < -0.3 is 0 Å². The van der Waals surface area contributed by atoms with Crippen molar-refractivity contribution < 1.29 is 4.79 Å². The number of ketones is 1. The highest BCUT2D eigenvalue weighted by Crippen LogP contribution is 2.23. The van der Waals surface area contributed by atoms with Crippen molar-refractivity contribution in [3.8, 4) is 0 Å². The molecule has 0 aliphatic carbocycles. The van der Waals surface area contributed by atoms with Crippen LogP contribution in [0.15, 0.2) is 18.2 Å². The molecule has 0 saturated heterocycles. The number of hydrogen-bond donors (Lipinski definition) is 0. The van der Waals surface area contributed by atoms with E-state index in [1.165, 1.54) is 0 Å². The first kappa shape index (κ1) is 15.5. The number of hydrogen-bond acceptors (Lipinski definition) is 2. The summed E-state index contributed by atoms with van der Waals surface area (Å²) < 4.78 is 0. The lowest BCUT2D eigenvalue weighted by atomic mass is 10.0. The summed E-state index contributed by atoms with van der Waals surface area (Å²) >= 11 is 11.9. The molecular weight excluding hydrogens is 269 g/mol. The molecule has 0 saturated carbocycles. The summed E-state index contributed by atoms with van der Waals surface area (Å²) in [6, 6.07) is 5.14. The number of benzene rings is 1. The van der Waals surface area contributed by atoms with Gasteiger partial charge in [0, 0.05) is 16.6 Å². The van der Waals surface area contributed by atoms with Crippen LogP contribution in [0.25, 0.3) is 0 Å². The number of carbonyl (C=O) groups is 1. The van der Waals surface area contributed by atoms with E-state index < -0.39 is 0 Å². The van der Waals surface area contributed by atoms with Crippen molar-refractivity contribution in [2.75, 3.05) is 7.05 Å². The highest BCUT2D eigenvalue weighted by molar-refractivity contribution is 6.37. The molecule has 0 aromatic heterocycles. The van der Waals surface area contributed by atoms with Gasteiger partial charge in [-0.15, -0.1) is 0 Å². The van der Waals surface area contributed by atoms with Crippen LogP contribution in [0, 0.1) is 0 Å². The Morgan fingerprint density at radius 3 is 2.44 bits per heavy atom. The van der Waals surface area contributed by atoms with Gasteiger partial charge in [-0.2, -0.15) is 0 Å². The first-order valence-corrected chi connectivity index (χ1v) is 6.85. The van der Waals surface area contributed by atoms with Crippen LogP contribution in [0.3, 0.4) is 0 Å². The van der Waals surface area contributed by atoms with E-state index in [-0.39, 0.29) is 11.8 Å². The van der Waals surface area contributed by atoms with Crippen molar-refractivity contribution in [1.29, 1.82) is 0 Å². The monoisotopic (exact) mass is 287 g/mol. The van der Waals surface area contributed by atoms with E-state index in [9.17, 15) is 4.79 Å². The van der Waals surface area contributed by atoms with E-state index in [0.29, 0.717) is 21.7 Å². The predicted molar refractivity (Wildman–Crippen MR) is 77.8 cm³/mol. The summed E-state index contributed by atoms with van der Waals surface area (Å²) in [4.78, 5) is 14.4. The zero-order chi connectivity index (χ0) is 13.9. The number of likely N-dealkylation sites (N-methyl/N-ethyl adjacent to an activating group) is 1. The van der Waals surface area contributed by atoms with Crippen molar-refractivity contribution in [3.05, 3.63) is 33.8 Å². The maximum atomic E-state index is 12.4. The fourth-order valence-electron chi connectivity index (χ4n) is 1.77. The largest absolute Gasteiger partial charge is 0.294 e. The van der Waals surface area contributed by atoms with Crippen molar-refractivity contribution in [2.24, 2.45) is 0 Å². The fraction of sp³-hybridized carbons (Fsp3) is 0.500. The molecule has 4 heteroatoms. The van der Waals surface area contributed by atoms with Gasteiger partial charge in [0.15, 0.2) is 5.78 Å². The lowest BCUT2D eigenvalue weighted by Crippen LogP contribution is -2.41. The maximum absolute atomic E-state index is 12.4. The number of Topliss-reactive ketones (excluding diaryl/α,β-unsaturated/α-hetero) is 1. The Balaban J connectivity index is 2.93. The van der Waals surface area contributed by atoms with Crippen LogP contribution in [0.1, 0.15) is 37.6 Å². The summed E-state index contributed by atoms with van der Waals surface area (Å²) in [5, 5.41) is 0.955. The second kappa shape index (κ2) is 6.55. The second-order valence-corrected chi connectivity index (χ2v) is 5.43. The van der Waals surface area contributed by atoms with Crippen molar-refractivity contribution in [2.45, 2.75) is 39.3 Å². The normalized spacial score (nSPS) is 14.6. The van der Waals surface area contributed by atoms with Gasteiger partial charge in [0.05, 0.1) is 11.1 Å². The average molecular weight is 288 g/mol. The predicted octanol–water partition coefficient (Wildman–Crippen LogP) is 4.29. The Bertz CT molecular complexity index is 434. The SMILES string of the molecule is CCC(C)N(C)C(C)C(=O)c1ccc(Cl)cc1Cl. The lowest BCUT2D eigenvalue weighted by molar-refractivity contribution is 0.0824. The van der Waals surface area contributed by atoms with Gasteiger partial charge in [0.2, 0.25) is 0 Å². The van der Waals surface area contributed by atoms with Crippen LogP contribution in [0.4, 0.5) is 0 Å². The summed E-state index contributed by atoms with van der Waals surface area (Å²) in [6.45, 7) is 6.11. The molecule has 1 aromatic rings. The molecule has 100 valence electrons. The summed E-state index contributed by atoms with van der Waals surface area (Å²) in [7, 11) is 1.96. The zero-order valence-corrected chi connectivity index (χ0v) is 12.7. The van der Waals surface area contributed by atoms with E-state index in [1.807, 2.05) is 14.0 Å². The molecule has 2 atom stereocenters. The van der Waals surface area contributed by atoms with Gasteiger partial charge in [-0.1, -0.05) is 30.1 Å². The zero-order valence-electron chi connectivity index (χ0n) is 11.2. The third-order valence-corrected chi connectivity index (χ3v) is 4.02. The molecule has 0 N–H and O–H groups in total. The highest BCUT2D eigenvalue weighted by Gasteiger charge is 2.24. The van der Waals surface area contributed by atoms with E-state index in [2.05, 4.69) is 18.7 Å². The highest BCUT2D eigenvalue weighted by atomic mass is 35.5. The van der Waals surface area contributed by atoms with Crippen LogP contribution in [-0.4, -0.2) is 29.8 Å². The first-order chi connectivity index (χ1) is 8.38. The van der Waals surface area contributed by atoms with Crippen LogP contribution in [-0.2, 0) is 0 Å². The molecule has 1 rings (SSSR count). The minimum Gasteiger partial charge on any atom is -0.294 e. The molecule has 0 spiro atoms. The van der Waals surface area contributed by atoms with Gasteiger partial charge in [0.25, 0.3) is 0 Å². The smallest absolute Gasteiger partial charge is 0.181 e. The minimum atomic E-state index is -0.196. The first-order valence-electron chi connectivity index (χ1n) is 6.09. The molecular formula is C14H19Cl2NO. The van der Waals surface area contributed by atoms with Crippen molar-refractivity contribution >= 4 is 29.0 Å². The standard InChI is InChI=1S/C14H19Cl2NO/c1-5-9(2)17(4)10(3)14(18)12-7-6-11(15)8-13(12)16/h6-10H,5H2,1-4H3. The quantitative estimate of drug-likeness (QED) is 0.753. The Morgan fingerprint density at radius 2 is 1.94 bits per heavy atom.